The maximum absolute atomic E-state index is 8.91. The second kappa shape index (κ2) is 9.67. The Morgan fingerprint density at radius 1 is 1.71 bits per heavy atom. The molecule has 0 aliphatic rings. The van der Waals surface area contributed by atoms with Crippen molar-refractivity contribution < 1.29 is 20.2 Å². The van der Waals surface area contributed by atoms with Gasteiger partial charge in [-0.05, 0) is 0 Å². The van der Waals surface area contributed by atoms with Crippen LogP contribution in [0.4, 0.5) is 4.79 Å². The van der Waals surface area contributed by atoms with E-state index in [9.17, 15) is 0 Å². The van der Waals surface area contributed by atoms with E-state index in [1.54, 1.807) is 0 Å². The molecule has 5 nitrogen and oxygen atoms in total. The van der Waals surface area contributed by atoms with Gasteiger partial charge >= 0.3 is 37.7 Å². The van der Waals surface area contributed by atoms with Gasteiger partial charge in [-0.15, -0.1) is 0 Å². The first-order chi connectivity index (χ1) is 2.27. The van der Waals surface area contributed by atoms with Crippen molar-refractivity contribution in [3.05, 3.63) is 0 Å². The summed E-state index contributed by atoms with van der Waals surface area (Å²) in [4.78, 5) is 12.0. The molecule has 0 aromatic carbocycles. The molecule has 0 rings (SSSR count). The van der Waals surface area contributed by atoms with Gasteiger partial charge in [-0.25, -0.2) is 5.90 Å². The number of nitrogens with two attached hydrogens (primary N) is 1. The smallest absolute Gasteiger partial charge is 0.870 e. The molecule has 0 amide bonds. The van der Waals surface area contributed by atoms with Gasteiger partial charge in [0, 0.05) is 0 Å². The van der Waals surface area contributed by atoms with Gasteiger partial charge in [-0.3, -0.25) is 0 Å². The molecule has 0 saturated heterocycles. The van der Waals surface area contributed by atoms with Gasteiger partial charge in [0.05, 0.1) is 0 Å². The van der Waals surface area contributed by atoms with Crippen molar-refractivity contribution in [3.8, 4) is 0 Å². The molecule has 6 heteroatoms. The molecule has 38 valence electrons. The third-order valence-corrected chi connectivity index (χ3v) is 0.0962. The quantitative estimate of drug-likeness (QED) is 0.294. The fourth-order valence-electron chi connectivity index (χ4n) is 0. The van der Waals surface area contributed by atoms with Crippen LogP contribution in [0.3, 0.4) is 0 Å². The Bertz CT molecular complexity index is 47.0. The van der Waals surface area contributed by atoms with Gasteiger partial charge < -0.3 is 20.2 Å². The summed E-state index contributed by atoms with van der Waals surface area (Å²) < 4.78 is 0. The molecule has 0 fully saturated rings. The predicted molar refractivity (Wildman–Crippen MR) is 18.4 cm³/mol. The Balaban J connectivity index is -0.0000000800. The standard InChI is InChI=1S/CH3NO3.Ca.H2O/c2-5-1(3)4;;/h2H2,(H,3,4);;1H2/q;+2;/p-2. The minimum absolute atomic E-state index is 0. The third kappa shape index (κ3) is 21.3. The number of hydrogen-bond acceptors (Lipinski definition) is 5. The zero-order valence-electron chi connectivity index (χ0n) is 3.46. The van der Waals surface area contributed by atoms with E-state index in [0.29, 0.717) is 0 Å². The Morgan fingerprint density at radius 2 is 1.86 bits per heavy atom. The van der Waals surface area contributed by atoms with Crippen LogP contribution < -0.4 is 11.0 Å². The van der Waals surface area contributed by atoms with Crippen LogP contribution in [-0.4, -0.2) is 49.4 Å². The van der Waals surface area contributed by atoms with Crippen molar-refractivity contribution in [2.45, 2.75) is 0 Å². The van der Waals surface area contributed by atoms with Gasteiger partial charge in [0.15, 0.2) is 0 Å². The molecule has 0 unspecified atom stereocenters. The molecule has 0 radical (unpaired) electrons. The van der Waals surface area contributed by atoms with E-state index in [2.05, 4.69) is 10.7 Å². The van der Waals surface area contributed by atoms with Crippen LogP contribution in [0, 0.1) is 0 Å². The van der Waals surface area contributed by atoms with E-state index in [-0.39, 0.29) is 43.2 Å². The Kier molecular flexibility index (Phi) is 21.6. The van der Waals surface area contributed by atoms with Gasteiger partial charge in [0.2, 0.25) is 0 Å². The van der Waals surface area contributed by atoms with Crippen LogP contribution in [0.5, 0.6) is 0 Å². The summed E-state index contributed by atoms with van der Waals surface area (Å²) in [7, 11) is 0. The average Bonchev–Trinajstić information content (AvgIpc) is 1.38. The topological polar surface area (TPSA) is 105 Å². The Hall–Kier alpha value is 0.450. The van der Waals surface area contributed by atoms with E-state index >= 15 is 0 Å². The number of carboxylic acid groups (broad SMARTS) is 1. The van der Waals surface area contributed by atoms with E-state index in [4.69, 9.17) is 9.90 Å². The molecule has 0 saturated carbocycles. The minimum Gasteiger partial charge on any atom is -0.870 e. The average molecular weight is 133 g/mol. The zero-order valence-corrected chi connectivity index (χ0v) is 5.66. The number of carbonyl (C=O) groups excluding carboxylic acids is 1. The van der Waals surface area contributed by atoms with Crippen LogP contribution in [0.2, 0.25) is 0 Å². The maximum Gasteiger partial charge on any atom is 2.00 e. The summed E-state index contributed by atoms with van der Waals surface area (Å²) in [6.07, 6.45) is -1.72. The molecule has 0 atom stereocenters. The summed E-state index contributed by atoms with van der Waals surface area (Å²) in [5.74, 6) is 4.01. The van der Waals surface area contributed by atoms with Crippen LogP contribution in [0.15, 0.2) is 0 Å². The monoisotopic (exact) mass is 133 g/mol. The molecule has 0 bridgehead atoms. The van der Waals surface area contributed by atoms with Crippen molar-refractivity contribution in [2.75, 3.05) is 0 Å². The zero-order chi connectivity index (χ0) is 4.28. The molecule has 0 heterocycles. The first-order valence-corrected chi connectivity index (χ1v) is 0.848. The van der Waals surface area contributed by atoms with Crippen molar-refractivity contribution in [3.63, 3.8) is 0 Å². The van der Waals surface area contributed by atoms with Crippen molar-refractivity contribution in [1.82, 2.24) is 0 Å². The summed E-state index contributed by atoms with van der Waals surface area (Å²) >= 11 is 0. The fraction of sp³-hybridized carbons (Fsp3) is 0. The molecule has 0 spiro atoms. The van der Waals surface area contributed by atoms with Gasteiger partial charge in [0.1, 0.15) is 0 Å². The summed E-state index contributed by atoms with van der Waals surface area (Å²) in [6, 6.07) is 0. The molecule has 3 N–H and O–H groups in total. The second-order valence-electron chi connectivity index (χ2n) is 0.368. The summed E-state index contributed by atoms with van der Waals surface area (Å²) in [5.41, 5.74) is 0. The summed E-state index contributed by atoms with van der Waals surface area (Å²) in [5, 5.41) is 8.91. The SMILES string of the molecule is NOC(=O)[O-].[Ca+2].[OH-]. The minimum atomic E-state index is -1.72. The Morgan fingerprint density at radius 3 is 1.86 bits per heavy atom. The number of rotatable bonds is 0. The van der Waals surface area contributed by atoms with E-state index < -0.39 is 6.16 Å². The van der Waals surface area contributed by atoms with Gasteiger partial charge in [0.25, 0.3) is 6.16 Å². The van der Waals surface area contributed by atoms with Gasteiger partial charge in [-0.1, -0.05) is 0 Å². The molecular weight excluding hydrogens is 130 g/mol. The molecule has 0 aromatic rings. The van der Waals surface area contributed by atoms with Gasteiger partial charge in [-0.2, -0.15) is 0 Å². The molecule has 0 aliphatic carbocycles. The van der Waals surface area contributed by atoms with Crippen LogP contribution in [-0.2, 0) is 4.84 Å². The van der Waals surface area contributed by atoms with E-state index in [1.807, 2.05) is 0 Å². The number of hydrogen-bond donors (Lipinski definition) is 1. The van der Waals surface area contributed by atoms with Crippen LogP contribution in [0.25, 0.3) is 0 Å². The molecule has 0 aliphatic heterocycles. The second-order valence-corrected chi connectivity index (χ2v) is 0.368. The van der Waals surface area contributed by atoms with Crippen LogP contribution >= 0.6 is 0 Å². The normalized spacial score (nSPS) is 4.71. The first kappa shape index (κ1) is 15.7. The maximum atomic E-state index is 8.91. The van der Waals surface area contributed by atoms with Crippen molar-refractivity contribution in [1.29, 1.82) is 0 Å². The fourth-order valence-corrected chi connectivity index (χ4v) is 0. The molecule has 0 aromatic heterocycles. The van der Waals surface area contributed by atoms with E-state index in [1.165, 1.54) is 0 Å². The van der Waals surface area contributed by atoms with Crippen molar-refractivity contribution in [2.24, 2.45) is 5.90 Å². The Labute approximate surface area is 69.7 Å². The summed E-state index contributed by atoms with van der Waals surface area (Å²) in [6.45, 7) is 0. The molecule has 7 heavy (non-hydrogen) atoms. The van der Waals surface area contributed by atoms with E-state index in [0.717, 1.165) is 0 Å². The predicted octanol–water partition coefficient (Wildman–Crippen LogP) is -2.34. The largest absolute Gasteiger partial charge is 2.00 e. The first-order valence-electron chi connectivity index (χ1n) is 0.848. The number of carbonyl (C=O) groups is 1. The van der Waals surface area contributed by atoms with Crippen LogP contribution in [0.1, 0.15) is 0 Å². The van der Waals surface area contributed by atoms with Crippen molar-refractivity contribution >= 4 is 43.9 Å². The third-order valence-electron chi connectivity index (χ3n) is 0.0962. The molecular formula is CH3CaNO4.